The first-order valence-electron chi connectivity index (χ1n) is 7.07. The Kier molecular flexibility index (Phi) is 3.19. The van der Waals surface area contributed by atoms with Crippen molar-refractivity contribution in [1.82, 2.24) is 34.6 Å². The van der Waals surface area contributed by atoms with Crippen molar-refractivity contribution in [2.24, 2.45) is 0 Å². The second-order valence-corrected chi connectivity index (χ2v) is 5.69. The fourth-order valence-electron chi connectivity index (χ4n) is 3.23. The quantitative estimate of drug-likeness (QED) is 0.895. The van der Waals surface area contributed by atoms with E-state index in [0.717, 1.165) is 13.0 Å². The van der Waals surface area contributed by atoms with E-state index in [-0.39, 0.29) is 5.28 Å². The molecule has 9 heteroatoms. The van der Waals surface area contributed by atoms with Crippen molar-refractivity contribution in [2.75, 3.05) is 18.4 Å². The van der Waals surface area contributed by atoms with Crippen molar-refractivity contribution < 1.29 is 0 Å². The van der Waals surface area contributed by atoms with Crippen LogP contribution in [0.15, 0.2) is 12.7 Å². The highest BCUT2D eigenvalue weighted by molar-refractivity contribution is 6.28. The monoisotopic (exact) mass is 306 g/mol. The van der Waals surface area contributed by atoms with Crippen LogP contribution in [0.25, 0.3) is 5.95 Å². The number of anilines is 1. The fourth-order valence-corrected chi connectivity index (χ4v) is 3.39. The summed E-state index contributed by atoms with van der Waals surface area (Å²) in [5.74, 6) is 0.871. The van der Waals surface area contributed by atoms with E-state index in [9.17, 15) is 0 Å². The molecular formula is C12H15ClN8. The van der Waals surface area contributed by atoms with Gasteiger partial charge in [0.2, 0.25) is 11.2 Å². The predicted molar refractivity (Wildman–Crippen MR) is 76.4 cm³/mol. The number of aromatic nitrogens is 6. The van der Waals surface area contributed by atoms with E-state index in [0.29, 0.717) is 24.0 Å². The van der Waals surface area contributed by atoms with E-state index in [1.165, 1.54) is 36.7 Å². The van der Waals surface area contributed by atoms with Gasteiger partial charge in [-0.2, -0.15) is 24.7 Å². The lowest BCUT2D eigenvalue weighted by molar-refractivity contribution is 0.318. The average molecular weight is 307 g/mol. The van der Waals surface area contributed by atoms with Gasteiger partial charge in [0, 0.05) is 18.6 Å². The molecule has 2 aliphatic rings. The molecule has 1 N–H and O–H groups in total. The second-order valence-electron chi connectivity index (χ2n) is 5.35. The molecule has 0 aliphatic carbocycles. The summed E-state index contributed by atoms with van der Waals surface area (Å²) in [5.41, 5.74) is 0. The van der Waals surface area contributed by atoms with E-state index in [1.54, 1.807) is 0 Å². The predicted octanol–water partition coefficient (Wildman–Crippen LogP) is 0.754. The zero-order chi connectivity index (χ0) is 14.2. The number of nitrogens with one attached hydrogen (secondary N) is 1. The molecule has 4 rings (SSSR count). The zero-order valence-corrected chi connectivity index (χ0v) is 12.1. The number of nitrogens with zero attached hydrogens (tertiary/aromatic N) is 7. The van der Waals surface area contributed by atoms with Crippen molar-refractivity contribution >= 4 is 17.5 Å². The lowest BCUT2D eigenvalue weighted by Crippen LogP contribution is -2.34. The van der Waals surface area contributed by atoms with Gasteiger partial charge in [-0.15, -0.1) is 0 Å². The Hall–Kier alpha value is -1.80. The van der Waals surface area contributed by atoms with Crippen molar-refractivity contribution in [3.8, 4) is 5.95 Å². The summed E-state index contributed by atoms with van der Waals surface area (Å²) in [6.07, 6.45) is 6.56. The normalized spacial score (nSPS) is 25.2. The van der Waals surface area contributed by atoms with Gasteiger partial charge in [-0.3, -0.25) is 4.90 Å². The van der Waals surface area contributed by atoms with Crippen LogP contribution in [-0.2, 0) is 0 Å². The number of hydrogen-bond donors (Lipinski definition) is 1. The molecule has 0 saturated carbocycles. The molecule has 4 heterocycles. The van der Waals surface area contributed by atoms with Gasteiger partial charge in [-0.25, -0.2) is 4.98 Å². The van der Waals surface area contributed by atoms with E-state index < -0.39 is 0 Å². The van der Waals surface area contributed by atoms with Crippen LogP contribution in [0.4, 0.5) is 5.95 Å². The lowest BCUT2D eigenvalue weighted by Gasteiger charge is -2.21. The van der Waals surface area contributed by atoms with Gasteiger partial charge in [-0.1, -0.05) is 0 Å². The highest BCUT2D eigenvalue weighted by Crippen LogP contribution is 2.29. The summed E-state index contributed by atoms with van der Waals surface area (Å²) in [7, 11) is 0. The topological polar surface area (TPSA) is 84.7 Å². The van der Waals surface area contributed by atoms with Crippen LogP contribution in [0, 0.1) is 0 Å². The molecule has 8 nitrogen and oxygen atoms in total. The van der Waals surface area contributed by atoms with E-state index in [1.807, 2.05) is 0 Å². The summed E-state index contributed by atoms with van der Waals surface area (Å²) in [6.45, 7) is 2.34. The summed E-state index contributed by atoms with van der Waals surface area (Å²) in [4.78, 5) is 19.0. The maximum Gasteiger partial charge on any atom is 0.258 e. The molecule has 110 valence electrons. The van der Waals surface area contributed by atoms with Gasteiger partial charge in [0.25, 0.3) is 5.95 Å². The first-order chi connectivity index (χ1) is 10.3. The standard InChI is InChI=1S/C12H15ClN8/c13-10-17-11(19-12(18-10)21-7-14-6-15-21)16-8-3-5-20-4-1-2-9(8)20/h6-9H,1-5H2,(H,16,17,18,19). The van der Waals surface area contributed by atoms with Gasteiger partial charge in [-0.05, 0) is 37.4 Å². The minimum atomic E-state index is 0.152. The first kappa shape index (κ1) is 12.9. The number of hydrogen-bond acceptors (Lipinski definition) is 7. The number of fused-ring (bicyclic) bond motifs is 1. The van der Waals surface area contributed by atoms with Gasteiger partial charge >= 0.3 is 0 Å². The van der Waals surface area contributed by atoms with Crippen LogP contribution in [0.3, 0.4) is 0 Å². The Balaban J connectivity index is 1.58. The molecule has 0 spiro atoms. The van der Waals surface area contributed by atoms with E-state index >= 15 is 0 Å². The molecule has 2 saturated heterocycles. The Morgan fingerprint density at radius 3 is 3.00 bits per heavy atom. The fraction of sp³-hybridized carbons (Fsp3) is 0.583. The SMILES string of the molecule is Clc1nc(NC2CCN3CCCC23)nc(-n2cncn2)n1. The molecule has 2 unspecified atom stereocenters. The van der Waals surface area contributed by atoms with Crippen molar-refractivity contribution in [3.05, 3.63) is 17.9 Å². The third-order valence-corrected chi connectivity index (χ3v) is 4.31. The van der Waals surface area contributed by atoms with Crippen molar-refractivity contribution in [3.63, 3.8) is 0 Å². The lowest BCUT2D eigenvalue weighted by atomic mass is 10.1. The Morgan fingerprint density at radius 2 is 2.14 bits per heavy atom. The van der Waals surface area contributed by atoms with Gasteiger partial charge < -0.3 is 5.32 Å². The third-order valence-electron chi connectivity index (χ3n) is 4.14. The smallest absolute Gasteiger partial charge is 0.258 e. The van der Waals surface area contributed by atoms with Gasteiger partial charge in [0.1, 0.15) is 12.7 Å². The highest BCUT2D eigenvalue weighted by atomic mass is 35.5. The Bertz CT molecular complexity index is 630. The van der Waals surface area contributed by atoms with Crippen molar-refractivity contribution in [1.29, 1.82) is 0 Å². The van der Waals surface area contributed by atoms with Crippen LogP contribution in [-0.4, -0.2) is 59.8 Å². The Labute approximate surface area is 126 Å². The molecule has 2 aromatic rings. The molecule has 2 atom stereocenters. The average Bonchev–Trinajstić information content (AvgIpc) is 3.16. The summed E-state index contributed by atoms with van der Waals surface area (Å²) >= 11 is 5.99. The highest BCUT2D eigenvalue weighted by Gasteiger charge is 2.37. The largest absolute Gasteiger partial charge is 0.350 e. The molecule has 0 amide bonds. The molecule has 0 aromatic carbocycles. The van der Waals surface area contributed by atoms with Gasteiger partial charge in [0.15, 0.2) is 0 Å². The zero-order valence-electron chi connectivity index (χ0n) is 11.4. The van der Waals surface area contributed by atoms with Gasteiger partial charge in [0.05, 0.1) is 0 Å². The molecule has 0 bridgehead atoms. The number of halogens is 1. The second kappa shape index (κ2) is 5.19. The summed E-state index contributed by atoms with van der Waals surface area (Å²) < 4.78 is 1.47. The number of rotatable bonds is 3. The van der Waals surface area contributed by atoms with Crippen molar-refractivity contribution in [2.45, 2.75) is 31.3 Å². The van der Waals surface area contributed by atoms with Crippen LogP contribution in [0.2, 0.25) is 5.28 Å². The minimum absolute atomic E-state index is 0.152. The van der Waals surface area contributed by atoms with Crippen LogP contribution >= 0.6 is 11.6 Å². The maximum atomic E-state index is 5.99. The molecule has 2 aromatic heterocycles. The minimum Gasteiger partial charge on any atom is -0.350 e. The molecule has 0 radical (unpaired) electrons. The summed E-state index contributed by atoms with van der Waals surface area (Å²) in [6, 6.07) is 0.949. The third kappa shape index (κ3) is 2.44. The molecule has 2 fully saturated rings. The molecule has 2 aliphatic heterocycles. The van der Waals surface area contributed by atoms with E-state index in [4.69, 9.17) is 11.6 Å². The molecular weight excluding hydrogens is 292 g/mol. The first-order valence-corrected chi connectivity index (χ1v) is 7.44. The molecule has 21 heavy (non-hydrogen) atoms. The maximum absolute atomic E-state index is 5.99. The van der Waals surface area contributed by atoms with Crippen LogP contribution < -0.4 is 5.32 Å². The summed E-state index contributed by atoms with van der Waals surface area (Å²) in [5, 5.41) is 7.57. The van der Waals surface area contributed by atoms with Crippen LogP contribution in [0.5, 0.6) is 0 Å². The van der Waals surface area contributed by atoms with Crippen LogP contribution in [0.1, 0.15) is 19.3 Å². The van der Waals surface area contributed by atoms with E-state index in [2.05, 4.69) is 35.3 Å². The Morgan fingerprint density at radius 1 is 1.19 bits per heavy atom.